The molecule has 3 atom stereocenters. The van der Waals surface area contributed by atoms with E-state index in [0.717, 1.165) is 24.1 Å². The predicted molar refractivity (Wildman–Crippen MR) is 122 cm³/mol. The molecule has 33 heavy (non-hydrogen) atoms. The molecule has 0 amide bonds. The molecule has 6 nitrogen and oxygen atoms in total. The third kappa shape index (κ3) is 3.38. The van der Waals surface area contributed by atoms with Crippen LogP contribution in [0.1, 0.15) is 49.2 Å². The summed E-state index contributed by atoms with van der Waals surface area (Å²) in [5, 5.41) is 26.3. The quantitative estimate of drug-likeness (QED) is 0.588. The van der Waals surface area contributed by atoms with Crippen LogP contribution in [-0.4, -0.2) is 38.7 Å². The summed E-state index contributed by atoms with van der Waals surface area (Å²) < 4.78 is 21.0. The van der Waals surface area contributed by atoms with E-state index in [0.29, 0.717) is 30.0 Å². The van der Waals surface area contributed by atoms with Crippen molar-refractivity contribution in [3.05, 3.63) is 77.1 Å². The molecule has 1 aromatic carbocycles. The van der Waals surface area contributed by atoms with Gasteiger partial charge in [-0.3, -0.25) is 4.98 Å². The smallest absolute Gasteiger partial charge is 0.143 e. The van der Waals surface area contributed by atoms with Crippen molar-refractivity contribution < 1.29 is 19.3 Å². The van der Waals surface area contributed by atoms with E-state index < -0.39 is 11.5 Å². The summed E-state index contributed by atoms with van der Waals surface area (Å²) >= 11 is 0. The highest BCUT2D eigenvalue weighted by Gasteiger charge is 2.56. The van der Waals surface area contributed by atoms with E-state index in [1.807, 2.05) is 12.3 Å². The van der Waals surface area contributed by atoms with Gasteiger partial charge in [0.05, 0.1) is 24.7 Å². The largest absolute Gasteiger partial charge is 0.495 e. The second kappa shape index (κ2) is 8.08. The number of fused-ring (bicyclic) bond motifs is 2. The molecular formula is C26H28FN3O3. The molecule has 2 aromatic heterocycles. The standard InChI is InChI=1S/C26H28FN3O3/c1-25-13-17-15-29-30(20-6-3-5-19(27)12-20)21(17)11-18(25)8-9-26(25,16-31)14-22(32)24-23(33-2)7-4-10-28-24/h3-7,10-12,15,22,31-32H,8-9,13-14,16H2,1-2H3/t22?,25-,26-/m0/s1. The van der Waals surface area contributed by atoms with Crippen molar-refractivity contribution in [2.24, 2.45) is 10.8 Å². The van der Waals surface area contributed by atoms with Crippen molar-refractivity contribution in [1.82, 2.24) is 14.8 Å². The monoisotopic (exact) mass is 449 g/mol. The zero-order valence-corrected chi connectivity index (χ0v) is 18.8. The summed E-state index contributed by atoms with van der Waals surface area (Å²) in [7, 11) is 1.56. The maximum Gasteiger partial charge on any atom is 0.143 e. The van der Waals surface area contributed by atoms with Gasteiger partial charge in [-0.05, 0) is 67.7 Å². The lowest BCUT2D eigenvalue weighted by molar-refractivity contribution is -0.0155. The lowest BCUT2D eigenvalue weighted by atomic mass is 9.59. The number of halogens is 1. The Morgan fingerprint density at radius 2 is 2.12 bits per heavy atom. The van der Waals surface area contributed by atoms with E-state index in [2.05, 4.69) is 23.1 Å². The Labute approximate surface area is 192 Å². The number of allylic oxidation sites excluding steroid dienone is 1. The van der Waals surface area contributed by atoms with Gasteiger partial charge < -0.3 is 14.9 Å². The van der Waals surface area contributed by atoms with Gasteiger partial charge in [0.15, 0.2) is 0 Å². The average molecular weight is 450 g/mol. The van der Waals surface area contributed by atoms with Crippen LogP contribution >= 0.6 is 0 Å². The van der Waals surface area contributed by atoms with E-state index in [1.165, 1.54) is 17.7 Å². The highest BCUT2D eigenvalue weighted by atomic mass is 19.1. The predicted octanol–water partition coefficient (Wildman–Crippen LogP) is 4.26. The number of pyridine rings is 1. The first-order chi connectivity index (χ1) is 15.9. The van der Waals surface area contributed by atoms with Gasteiger partial charge in [0.1, 0.15) is 23.4 Å². The first-order valence-corrected chi connectivity index (χ1v) is 11.2. The van der Waals surface area contributed by atoms with Gasteiger partial charge in [0.2, 0.25) is 0 Å². The summed E-state index contributed by atoms with van der Waals surface area (Å²) in [5.41, 5.74) is 3.55. The zero-order chi connectivity index (χ0) is 23.2. The number of aliphatic hydroxyl groups excluding tert-OH is 2. The Kier molecular flexibility index (Phi) is 5.34. The first-order valence-electron chi connectivity index (χ1n) is 11.2. The normalized spacial score (nSPS) is 24.7. The Bertz CT molecular complexity index is 1220. The Morgan fingerprint density at radius 3 is 2.88 bits per heavy atom. The molecule has 0 saturated heterocycles. The molecule has 0 radical (unpaired) electrons. The Balaban J connectivity index is 1.50. The third-order valence-corrected chi connectivity index (χ3v) is 7.77. The van der Waals surface area contributed by atoms with Gasteiger partial charge in [0, 0.05) is 23.6 Å². The van der Waals surface area contributed by atoms with E-state index in [4.69, 9.17) is 4.74 Å². The molecule has 0 bridgehead atoms. The second-order valence-corrected chi connectivity index (χ2v) is 9.37. The van der Waals surface area contributed by atoms with Gasteiger partial charge in [-0.2, -0.15) is 5.10 Å². The number of ether oxygens (including phenoxy) is 1. The number of hydrogen-bond acceptors (Lipinski definition) is 5. The van der Waals surface area contributed by atoms with Crippen LogP contribution in [0.4, 0.5) is 4.39 Å². The lowest BCUT2D eigenvalue weighted by Gasteiger charge is -2.46. The van der Waals surface area contributed by atoms with E-state index in [9.17, 15) is 14.6 Å². The second-order valence-electron chi connectivity index (χ2n) is 9.37. The van der Waals surface area contributed by atoms with Crippen LogP contribution < -0.4 is 4.74 Å². The molecule has 2 aliphatic rings. The minimum Gasteiger partial charge on any atom is -0.495 e. The van der Waals surface area contributed by atoms with Crippen LogP contribution in [0.25, 0.3) is 11.8 Å². The zero-order valence-electron chi connectivity index (χ0n) is 18.8. The van der Waals surface area contributed by atoms with Crippen molar-refractivity contribution in [2.75, 3.05) is 13.7 Å². The van der Waals surface area contributed by atoms with Crippen molar-refractivity contribution in [3.63, 3.8) is 0 Å². The summed E-state index contributed by atoms with van der Waals surface area (Å²) in [6.45, 7) is 2.13. The molecule has 1 unspecified atom stereocenters. The topological polar surface area (TPSA) is 80.4 Å². The number of benzene rings is 1. The van der Waals surface area contributed by atoms with E-state index in [-0.39, 0.29) is 17.8 Å². The molecular weight excluding hydrogens is 421 g/mol. The van der Waals surface area contributed by atoms with Crippen LogP contribution in [-0.2, 0) is 6.42 Å². The number of methoxy groups -OCH3 is 1. The van der Waals surface area contributed by atoms with Gasteiger partial charge in [0.25, 0.3) is 0 Å². The summed E-state index contributed by atoms with van der Waals surface area (Å²) in [4.78, 5) is 4.35. The molecule has 3 aromatic rings. The first kappa shape index (κ1) is 21.8. The van der Waals surface area contributed by atoms with Crippen LogP contribution in [0, 0.1) is 16.6 Å². The van der Waals surface area contributed by atoms with Crippen molar-refractivity contribution >= 4 is 6.08 Å². The lowest BCUT2D eigenvalue weighted by Crippen LogP contribution is -2.43. The minimum absolute atomic E-state index is 0.0413. The summed E-state index contributed by atoms with van der Waals surface area (Å²) in [6, 6.07) is 9.97. The number of hydrogen-bond donors (Lipinski definition) is 2. The fourth-order valence-electron chi connectivity index (χ4n) is 5.78. The molecule has 1 saturated carbocycles. The average Bonchev–Trinajstić information content (AvgIpc) is 3.35. The number of rotatable bonds is 6. The van der Waals surface area contributed by atoms with Gasteiger partial charge >= 0.3 is 0 Å². The highest BCUT2D eigenvalue weighted by Crippen LogP contribution is 2.62. The van der Waals surface area contributed by atoms with Crippen molar-refractivity contribution in [3.8, 4) is 11.4 Å². The number of nitrogens with zero attached hydrogens (tertiary/aromatic N) is 3. The molecule has 2 heterocycles. The molecule has 1 fully saturated rings. The molecule has 0 spiro atoms. The number of aliphatic hydroxyl groups is 2. The van der Waals surface area contributed by atoms with E-state index >= 15 is 0 Å². The van der Waals surface area contributed by atoms with Gasteiger partial charge in [-0.15, -0.1) is 0 Å². The van der Waals surface area contributed by atoms with Gasteiger partial charge in [-0.1, -0.05) is 18.6 Å². The SMILES string of the molecule is COc1cccnc1C(O)C[C@]1(CO)CCC2=Cc3c(cnn3-c3cccc(F)c3)C[C@@]21C. The van der Waals surface area contributed by atoms with E-state index in [1.54, 1.807) is 36.2 Å². The fraction of sp³-hybridized carbons (Fsp3) is 0.385. The third-order valence-electron chi connectivity index (χ3n) is 7.77. The van der Waals surface area contributed by atoms with Crippen LogP contribution in [0.15, 0.2) is 54.4 Å². The maximum atomic E-state index is 13.8. The minimum atomic E-state index is -0.860. The van der Waals surface area contributed by atoms with Crippen molar-refractivity contribution in [1.29, 1.82) is 0 Å². The molecule has 2 aliphatic carbocycles. The maximum absolute atomic E-state index is 13.8. The molecule has 5 rings (SSSR count). The Morgan fingerprint density at radius 1 is 1.27 bits per heavy atom. The fourth-order valence-corrected chi connectivity index (χ4v) is 5.78. The molecule has 172 valence electrons. The van der Waals surface area contributed by atoms with Gasteiger partial charge in [-0.25, -0.2) is 9.07 Å². The van der Waals surface area contributed by atoms with Crippen molar-refractivity contribution in [2.45, 2.75) is 38.7 Å². The molecule has 2 N–H and O–H groups in total. The summed E-state index contributed by atoms with van der Waals surface area (Å²) in [6.07, 6.45) is 7.39. The highest BCUT2D eigenvalue weighted by molar-refractivity contribution is 5.62. The number of aromatic nitrogens is 3. The van der Waals surface area contributed by atoms with Crippen LogP contribution in [0.3, 0.4) is 0 Å². The van der Waals surface area contributed by atoms with Crippen LogP contribution in [0.2, 0.25) is 0 Å². The summed E-state index contributed by atoms with van der Waals surface area (Å²) in [5.74, 6) is 0.239. The molecule has 7 heteroatoms. The molecule has 0 aliphatic heterocycles. The van der Waals surface area contributed by atoms with Crippen LogP contribution in [0.5, 0.6) is 5.75 Å². The Hall–Kier alpha value is -3.03.